The van der Waals surface area contributed by atoms with E-state index in [4.69, 9.17) is 11.6 Å². The fraction of sp³-hybridized carbons (Fsp3) is 0.333. The van der Waals surface area contributed by atoms with E-state index in [0.717, 1.165) is 16.5 Å². The molecule has 1 N–H and O–H groups in total. The Morgan fingerprint density at radius 1 is 1.05 bits per heavy atom. The molecule has 0 aromatic heterocycles. The molecule has 0 bridgehead atoms. The lowest BCUT2D eigenvalue weighted by Gasteiger charge is -2.11. The zero-order chi connectivity index (χ0) is 15.4. The van der Waals surface area contributed by atoms with Crippen LogP contribution in [0.1, 0.15) is 30.5 Å². The largest absolute Gasteiger partial charge is 0.310 e. The third-order valence-corrected chi connectivity index (χ3v) is 4.93. The minimum atomic E-state index is 0.479. The van der Waals surface area contributed by atoms with Crippen LogP contribution in [0.25, 0.3) is 0 Å². The molecule has 2 aromatic carbocycles. The summed E-state index contributed by atoms with van der Waals surface area (Å²) in [6.45, 7) is 9.40. The second kappa shape index (κ2) is 7.35. The molecule has 0 atom stereocenters. The van der Waals surface area contributed by atoms with Crippen molar-refractivity contribution < 1.29 is 0 Å². The summed E-state index contributed by atoms with van der Waals surface area (Å²) in [5, 5.41) is 4.23. The lowest BCUT2D eigenvalue weighted by Crippen LogP contribution is -2.21. The molecule has 3 heteroatoms. The monoisotopic (exact) mass is 319 g/mol. The summed E-state index contributed by atoms with van der Waals surface area (Å²) in [7, 11) is 0. The summed E-state index contributed by atoms with van der Waals surface area (Å²) in [5.74, 6) is 0. The molecule has 0 heterocycles. The van der Waals surface area contributed by atoms with Gasteiger partial charge in [-0.1, -0.05) is 55.4 Å². The Balaban J connectivity index is 2.15. The number of halogens is 1. The van der Waals surface area contributed by atoms with Crippen LogP contribution >= 0.6 is 23.4 Å². The molecule has 0 aliphatic carbocycles. The molecular weight excluding hydrogens is 298 g/mol. The fourth-order valence-electron chi connectivity index (χ4n) is 1.99. The highest BCUT2D eigenvalue weighted by Crippen LogP contribution is 2.35. The first-order valence-corrected chi connectivity index (χ1v) is 8.42. The van der Waals surface area contributed by atoms with Gasteiger partial charge in [0.05, 0.1) is 5.02 Å². The van der Waals surface area contributed by atoms with Crippen molar-refractivity contribution in [1.29, 1.82) is 0 Å². The van der Waals surface area contributed by atoms with Gasteiger partial charge in [-0.15, -0.1) is 0 Å². The predicted molar refractivity (Wildman–Crippen MR) is 93.5 cm³/mol. The molecule has 0 fully saturated rings. The third-order valence-electron chi connectivity index (χ3n) is 3.27. The fourth-order valence-corrected chi connectivity index (χ4v) is 3.32. The molecule has 0 saturated heterocycles. The van der Waals surface area contributed by atoms with Crippen LogP contribution in [0.5, 0.6) is 0 Å². The first-order chi connectivity index (χ1) is 9.95. The maximum absolute atomic E-state index is 6.44. The van der Waals surface area contributed by atoms with E-state index in [1.807, 2.05) is 0 Å². The van der Waals surface area contributed by atoms with Gasteiger partial charge in [0.25, 0.3) is 0 Å². The highest BCUT2D eigenvalue weighted by molar-refractivity contribution is 7.99. The summed E-state index contributed by atoms with van der Waals surface area (Å²) >= 11 is 8.17. The second-order valence-electron chi connectivity index (χ2n) is 5.67. The SMILES string of the molecule is Cc1ccc(C)c(Sc2ccc(CNC(C)C)cc2Cl)c1. The van der Waals surface area contributed by atoms with Crippen molar-refractivity contribution in [1.82, 2.24) is 5.32 Å². The van der Waals surface area contributed by atoms with Crippen molar-refractivity contribution in [3.8, 4) is 0 Å². The third kappa shape index (κ3) is 4.77. The molecule has 0 amide bonds. The van der Waals surface area contributed by atoms with E-state index in [0.29, 0.717) is 6.04 Å². The van der Waals surface area contributed by atoms with Crippen LogP contribution in [0, 0.1) is 13.8 Å². The summed E-state index contributed by atoms with van der Waals surface area (Å²) in [6.07, 6.45) is 0. The molecule has 0 aliphatic heterocycles. The average molecular weight is 320 g/mol. The first kappa shape index (κ1) is 16.4. The van der Waals surface area contributed by atoms with E-state index in [2.05, 4.69) is 69.4 Å². The molecule has 0 unspecified atom stereocenters. The molecule has 112 valence electrons. The van der Waals surface area contributed by atoms with E-state index >= 15 is 0 Å². The van der Waals surface area contributed by atoms with Gasteiger partial charge in [0.1, 0.15) is 0 Å². The van der Waals surface area contributed by atoms with Gasteiger partial charge < -0.3 is 5.32 Å². The zero-order valence-corrected chi connectivity index (χ0v) is 14.6. The molecule has 0 spiro atoms. The van der Waals surface area contributed by atoms with E-state index in [1.54, 1.807) is 11.8 Å². The van der Waals surface area contributed by atoms with E-state index in [1.165, 1.54) is 21.6 Å². The second-order valence-corrected chi connectivity index (χ2v) is 7.16. The number of rotatable bonds is 5. The Kier molecular flexibility index (Phi) is 5.74. The molecular formula is C18H22ClNS. The summed E-state index contributed by atoms with van der Waals surface area (Å²) in [5.41, 5.74) is 3.78. The minimum Gasteiger partial charge on any atom is -0.310 e. The lowest BCUT2D eigenvalue weighted by molar-refractivity contribution is 0.589. The van der Waals surface area contributed by atoms with Crippen molar-refractivity contribution in [2.45, 2.75) is 50.1 Å². The Morgan fingerprint density at radius 3 is 2.48 bits per heavy atom. The Morgan fingerprint density at radius 2 is 1.81 bits per heavy atom. The molecule has 2 rings (SSSR count). The van der Waals surface area contributed by atoms with Gasteiger partial charge in [-0.3, -0.25) is 0 Å². The van der Waals surface area contributed by atoms with Crippen LogP contribution in [0.3, 0.4) is 0 Å². The summed E-state index contributed by atoms with van der Waals surface area (Å²) < 4.78 is 0. The zero-order valence-electron chi connectivity index (χ0n) is 13.0. The summed E-state index contributed by atoms with van der Waals surface area (Å²) in [4.78, 5) is 2.38. The quantitative estimate of drug-likeness (QED) is 0.769. The Hall–Kier alpha value is -0.960. The first-order valence-electron chi connectivity index (χ1n) is 7.22. The topological polar surface area (TPSA) is 12.0 Å². The van der Waals surface area contributed by atoms with E-state index < -0.39 is 0 Å². The predicted octanol–water partition coefficient (Wildman–Crippen LogP) is 5.61. The van der Waals surface area contributed by atoms with Crippen LogP contribution in [0.15, 0.2) is 46.2 Å². The van der Waals surface area contributed by atoms with E-state index in [9.17, 15) is 0 Å². The van der Waals surface area contributed by atoms with Crippen molar-refractivity contribution in [2.75, 3.05) is 0 Å². The smallest absolute Gasteiger partial charge is 0.0548 e. The molecule has 0 aliphatic rings. The standard InChI is InChI=1S/C18H22ClNS/c1-12(2)20-11-15-7-8-17(16(19)10-15)21-18-9-13(3)5-6-14(18)4/h5-10,12,20H,11H2,1-4H3. The molecule has 2 aromatic rings. The molecule has 1 nitrogen and oxygen atoms in total. The van der Waals surface area contributed by atoms with Crippen LogP contribution < -0.4 is 5.32 Å². The van der Waals surface area contributed by atoms with Gasteiger partial charge in [0.15, 0.2) is 0 Å². The number of hydrogen-bond acceptors (Lipinski definition) is 2. The normalized spacial score (nSPS) is 11.1. The molecule has 21 heavy (non-hydrogen) atoms. The Labute approximate surface area is 137 Å². The average Bonchev–Trinajstić information content (AvgIpc) is 2.43. The highest BCUT2D eigenvalue weighted by Gasteiger charge is 2.07. The van der Waals surface area contributed by atoms with Gasteiger partial charge in [-0.2, -0.15) is 0 Å². The van der Waals surface area contributed by atoms with Gasteiger partial charge in [0, 0.05) is 22.4 Å². The molecule has 0 radical (unpaired) electrons. The highest BCUT2D eigenvalue weighted by atomic mass is 35.5. The number of hydrogen-bond donors (Lipinski definition) is 1. The molecule has 0 saturated carbocycles. The van der Waals surface area contributed by atoms with Crippen LogP contribution in [0.4, 0.5) is 0 Å². The number of benzene rings is 2. The van der Waals surface area contributed by atoms with Gasteiger partial charge in [-0.25, -0.2) is 0 Å². The maximum Gasteiger partial charge on any atom is 0.0548 e. The van der Waals surface area contributed by atoms with Crippen LogP contribution in [0.2, 0.25) is 5.02 Å². The number of nitrogens with one attached hydrogen (secondary N) is 1. The Bertz CT molecular complexity index is 623. The van der Waals surface area contributed by atoms with Crippen molar-refractivity contribution in [2.24, 2.45) is 0 Å². The van der Waals surface area contributed by atoms with Gasteiger partial charge >= 0.3 is 0 Å². The van der Waals surface area contributed by atoms with Crippen LogP contribution in [-0.2, 0) is 6.54 Å². The van der Waals surface area contributed by atoms with Crippen molar-refractivity contribution >= 4 is 23.4 Å². The summed E-state index contributed by atoms with van der Waals surface area (Å²) in [6, 6.07) is 13.3. The lowest BCUT2D eigenvalue weighted by atomic mass is 10.2. The minimum absolute atomic E-state index is 0.479. The van der Waals surface area contributed by atoms with Crippen molar-refractivity contribution in [3.63, 3.8) is 0 Å². The van der Waals surface area contributed by atoms with E-state index in [-0.39, 0.29) is 0 Å². The van der Waals surface area contributed by atoms with Gasteiger partial charge in [0.2, 0.25) is 0 Å². The van der Waals surface area contributed by atoms with Gasteiger partial charge in [-0.05, 0) is 48.7 Å². The number of aryl methyl sites for hydroxylation is 2. The van der Waals surface area contributed by atoms with Crippen LogP contribution in [-0.4, -0.2) is 6.04 Å². The maximum atomic E-state index is 6.44. The van der Waals surface area contributed by atoms with Crippen molar-refractivity contribution in [3.05, 3.63) is 58.1 Å².